The number of nitrogens with zero attached hydrogens (tertiary/aromatic N) is 1. The number of rotatable bonds is 8. The summed E-state index contributed by atoms with van der Waals surface area (Å²) in [6, 6.07) is 18.9. The quantitative estimate of drug-likeness (QED) is 0.533. The van der Waals surface area contributed by atoms with Crippen LogP contribution < -0.4 is 10.6 Å². The molecule has 0 unspecified atom stereocenters. The normalized spacial score (nSPS) is 15.5. The monoisotopic (exact) mass is 481 g/mol. The van der Waals surface area contributed by atoms with Gasteiger partial charge in [-0.25, -0.2) is 4.79 Å². The number of ether oxygens (including phenoxy) is 1. The Morgan fingerprint density at radius 3 is 2.55 bits per heavy atom. The van der Waals surface area contributed by atoms with Crippen molar-refractivity contribution >= 4 is 35.2 Å². The van der Waals surface area contributed by atoms with Crippen LogP contribution in [0.4, 0.5) is 0 Å². The number of nitrogens with one attached hydrogen (secondary N) is 2. The molecule has 1 aliphatic heterocycles. The molecule has 0 aliphatic carbocycles. The number of benzene rings is 2. The van der Waals surface area contributed by atoms with Gasteiger partial charge in [0.1, 0.15) is 0 Å². The van der Waals surface area contributed by atoms with Crippen LogP contribution in [0, 0.1) is 11.3 Å². The molecular formula is C25H24ClN3O3S. The molecule has 0 fully saturated rings. The molecular weight excluding hydrogens is 458 g/mol. The summed E-state index contributed by atoms with van der Waals surface area (Å²) in [6.45, 7) is 4.11. The van der Waals surface area contributed by atoms with E-state index >= 15 is 0 Å². The van der Waals surface area contributed by atoms with Crippen molar-refractivity contribution in [3.05, 3.63) is 92.6 Å². The van der Waals surface area contributed by atoms with Gasteiger partial charge in [-0.3, -0.25) is 4.79 Å². The highest BCUT2D eigenvalue weighted by Crippen LogP contribution is 2.43. The second-order valence-electron chi connectivity index (χ2n) is 7.24. The van der Waals surface area contributed by atoms with E-state index in [2.05, 4.69) is 16.7 Å². The zero-order valence-electron chi connectivity index (χ0n) is 18.4. The predicted molar refractivity (Wildman–Crippen MR) is 130 cm³/mol. The lowest BCUT2D eigenvalue weighted by Gasteiger charge is -2.29. The van der Waals surface area contributed by atoms with Gasteiger partial charge in [0.25, 0.3) is 0 Å². The lowest BCUT2D eigenvalue weighted by molar-refractivity contribution is -0.138. The second kappa shape index (κ2) is 11.6. The van der Waals surface area contributed by atoms with Crippen molar-refractivity contribution in [2.75, 3.05) is 12.4 Å². The van der Waals surface area contributed by atoms with Crippen LogP contribution in [0.3, 0.4) is 0 Å². The van der Waals surface area contributed by atoms with Crippen LogP contribution in [-0.4, -0.2) is 24.2 Å². The summed E-state index contributed by atoms with van der Waals surface area (Å²) in [5.41, 5.74) is 2.84. The number of amides is 1. The summed E-state index contributed by atoms with van der Waals surface area (Å²) in [7, 11) is 0. The molecule has 33 heavy (non-hydrogen) atoms. The molecule has 0 saturated heterocycles. The third-order valence-corrected chi connectivity index (χ3v) is 6.40. The molecule has 0 radical (unpaired) electrons. The molecule has 0 bridgehead atoms. The van der Waals surface area contributed by atoms with E-state index in [9.17, 15) is 14.9 Å². The van der Waals surface area contributed by atoms with Crippen molar-refractivity contribution in [1.29, 1.82) is 5.26 Å². The molecule has 3 rings (SSSR count). The van der Waals surface area contributed by atoms with E-state index in [1.807, 2.05) is 30.3 Å². The van der Waals surface area contributed by atoms with Gasteiger partial charge in [0, 0.05) is 17.3 Å². The molecule has 8 heteroatoms. The number of hydrogen-bond acceptors (Lipinski definition) is 6. The average Bonchev–Trinajstić information content (AvgIpc) is 2.82. The summed E-state index contributed by atoms with van der Waals surface area (Å²) in [5.74, 6) is -1.26. The number of dihydropyridines is 1. The highest BCUT2D eigenvalue weighted by molar-refractivity contribution is 8.03. The highest BCUT2D eigenvalue weighted by atomic mass is 35.5. The zero-order valence-corrected chi connectivity index (χ0v) is 19.9. The smallest absolute Gasteiger partial charge is 0.336 e. The van der Waals surface area contributed by atoms with Crippen molar-refractivity contribution in [2.24, 2.45) is 0 Å². The first kappa shape index (κ1) is 24.4. The molecule has 0 aromatic heterocycles. The van der Waals surface area contributed by atoms with E-state index in [1.54, 1.807) is 38.1 Å². The Kier molecular flexibility index (Phi) is 8.58. The molecule has 0 saturated carbocycles. The number of halogens is 1. The minimum absolute atomic E-state index is 0.109. The maximum absolute atomic E-state index is 12.8. The van der Waals surface area contributed by atoms with Gasteiger partial charge < -0.3 is 15.4 Å². The molecule has 2 aromatic rings. The number of carbonyl (C=O) groups is 2. The van der Waals surface area contributed by atoms with E-state index in [0.29, 0.717) is 39.0 Å². The van der Waals surface area contributed by atoms with Crippen LogP contribution in [0.5, 0.6) is 0 Å². The van der Waals surface area contributed by atoms with E-state index in [-0.39, 0.29) is 18.3 Å². The maximum Gasteiger partial charge on any atom is 0.336 e. The zero-order chi connectivity index (χ0) is 23.8. The second-order valence-corrected chi connectivity index (χ2v) is 8.64. The fourth-order valence-corrected chi connectivity index (χ4v) is 4.68. The van der Waals surface area contributed by atoms with Gasteiger partial charge in [-0.1, -0.05) is 71.9 Å². The van der Waals surface area contributed by atoms with Crippen LogP contribution in [0.2, 0.25) is 5.02 Å². The van der Waals surface area contributed by atoms with Crippen LogP contribution in [0.15, 0.2) is 76.5 Å². The van der Waals surface area contributed by atoms with E-state index in [1.165, 1.54) is 11.8 Å². The third-order valence-electron chi connectivity index (χ3n) is 5.04. The van der Waals surface area contributed by atoms with Crippen molar-refractivity contribution in [1.82, 2.24) is 10.6 Å². The Morgan fingerprint density at radius 1 is 1.18 bits per heavy atom. The Labute approximate surface area is 202 Å². The molecule has 1 heterocycles. The van der Waals surface area contributed by atoms with Crippen molar-refractivity contribution < 1.29 is 14.3 Å². The summed E-state index contributed by atoms with van der Waals surface area (Å²) in [6.07, 6.45) is 0. The van der Waals surface area contributed by atoms with Gasteiger partial charge in [0.2, 0.25) is 5.91 Å². The van der Waals surface area contributed by atoms with E-state index < -0.39 is 11.9 Å². The standard InChI is InChI=1S/C25H24ClN3O3S/c1-3-32-25(31)22-16(2)29-24(19(13-27)23(22)18-11-7-8-12-20(18)26)33-15-21(30)28-14-17-9-5-4-6-10-17/h4-12,23,29H,3,14-15H2,1-2H3,(H,28,30)/t23-/m0/s1. The molecule has 6 nitrogen and oxygen atoms in total. The third kappa shape index (κ3) is 5.98. The maximum atomic E-state index is 12.8. The number of allylic oxidation sites excluding steroid dienone is 2. The van der Waals surface area contributed by atoms with Gasteiger partial charge in [0.05, 0.1) is 40.5 Å². The summed E-state index contributed by atoms with van der Waals surface area (Å²) < 4.78 is 5.26. The molecule has 2 N–H and O–H groups in total. The Hall–Kier alpha value is -3.21. The Morgan fingerprint density at radius 2 is 1.88 bits per heavy atom. The number of nitriles is 1. The van der Waals surface area contributed by atoms with Gasteiger partial charge in [-0.2, -0.15) is 5.26 Å². The van der Waals surface area contributed by atoms with E-state index in [0.717, 1.165) is 5.56 Å². The number of carbonyl (C=O) groups excluding carboxylic acids is 2. The highest BCUT2D eigenvalue weighted by Gasteiger charge is 2.36. The first-order chi connectivity index (χ1) is 16.0. The van der Waals surface area contributed by atoms with Crippen LogP contribution in [0.1, 0.15) is 30.9 Å². The Balaban J connectivity index is 1.85. The molecule has 0 spiro atoms. The van der Waals surface area contributed by atoms with Crippen LogP contribution >= 0.6 is 23.4 Å². The molecule has 2 aromatic carbocycles. The van der Waals surface area contributed by atoms with Gasteiger partial charge in [-0.15, -0.1) is 0 Å². The predicted octanol–water partition coefficient (Wildman–Crippen LogP) is 4.65. The first-order valence-corrected chi connectivity index (χ1v) is 11.8. The summed E-state index contributed by atoms with van der Waals surface area (Å²) in [4.78, 5) is 25.2. The van der Waals surface area contributed by atoms with Crippen molar-refractivity contribution in [3.63, 3.8) is 0 Å². The van der Waals surface area contributed by atoms with Gasteiger partial charge in [0.15, 0.2) is 0 Å². The minimum atomic E-state index is -0.695. The number of hydrogen-bond donors (Lipinski definition) is 2. The molecule has 1 amide bonds. The first-order valence-electron chi connectivity index (χ1n) is 10.4. The summed E-state index contributed by atoms with van der Waals surface area (Å²) >= 11 is 7.66. The SMILES string of the molecule is CCOC(=O)C1=C(C)NC(SCC(=O)NCc2ccccc2)=C(C#N)[C@@H]1c1ccccc1Cl. The molecule has 1 aliphatic rings. The fourth-order valence-electron chi connectivity index (χ4n) is 3.51. The fraction of sp³-hybridized carbons (Fsp3) is 0.240. The summed E-state index contributed by atoms with van der Waals surface area (Å²) in [5, 5.41) is 17.0. The minimum Gasteiger partial charge on any atom is -0.463 e. The Bertz CT molecular complexity index is 1140. The molecule has 170 valence electrons. The van der Waals surface area contributed by atoms with Crippen molar-refractivity contribution in [2.45, 2.75) is 26.3 Å². The topological polar surface area (TPSA) is 91.2 Å². The van der Waals surface area contributed by atoms with Gasteiger partial charge in [-0.05, 0) is 31.0 Å². The van der Waals surface area contributed by atoms with E-state index in [4.69, 9.17) is 16.3 Å². The van der Waals surface area contributed by atoms with Crippen LogP contribution in [0.25, 0.3) is 0 Å². The lowest BCUT2D eigenvalue weighted by Crippen LogP contribution is -2.30. The van der Waals surface area contributed by atoms with Crippen molar-refractivity contribution in [3.8, 4) is 6.07 Å². The lowest BCUT2D eigenvalue weighted by atomic mass is 9.82. The molecule has 1 atom stereocenters. The average molecular weight is 482 g/mol. The number of esters is 1. The largest absolute Gasteiger partial charge is 0.463 e. The van der Waals surface area contributed by atoms with Gasteiger partial charge >= 0.3 is 5.97 Å². The number of thioether (sulfide) groups is 1. The van der Waals surface area contributed by atoms with Crippen LogP contribution in [-0.2, 0) is 20.9 Å².